The monoisotopic (exact) mass is 317 g/mol. The highest BCUT2D eigenvalue weighted by Crippen LogP contribution is 2.21. The first-order valence-corrected chi connectivity index (χ1v) is 6.86. The molecule has 0 bridgehead atoms. The third-order valence-electron chi connectivity index (χ3n) is 3.13. The van der Waals surface area contributed by atoms with Crippen LogP contribution in [0.1, 0.15) is 5.56 Å². The van der Waals surface area contributed by atoms with Gasteiger partial charge < -0.3 is 15.1 Å². The number of nitrogens with one attached hydrogen (secondary N) is 3. The predicted octanol–water partition coefficient (Wildman–Crippen LogP) is 3.73. The number of rotatable bonds is 2. The first-order chi connectivity index (χ1) is 10.5. The molecular weight excluding hydrogens is 306 g/mol. The molecule has 0 aliphatic rings. The van der Waals surface area contributed by atoms with Crippen molar-refractivity contribution in [1.82, 2.24) is 4.98 Å². The van der Waals surface area contributed by atoms with Crippen LogP contribution in [0.2, 0.25) is 5.02 Å². The molecule has 2 aromatic carbocycles. The molecule has 0 aliphatic heterocycles. The highest BCUT2D eigenvalue weighted by Gasteiger charge is 2.07. The largest absolute Gasteiger partial charge is 0.417 e. The number of benzene rings is 2. The Balaban J connectivity index is 1.77. The van der Waals surface area contributed by atoms with Crippen molar-refractivity contribution in [2.24, 2.45) is 0 Å². The molecule has 3 rings (SSSR count). The van der Waals surface area contributed by atoms with Gasteiger partial charge in [-0.2, -0.15) is 0 Å². The van der Waals surface area contributed by atoms with Crippen LogP contribution in [0.15, 0.2) is 45.6 Å². The number of carbonyl (C=O) groups is 1. The third kappa shape index (κ3) is 2.96. The molecule has 0 radical (unpaired) electrons. The molecule has 0 fully saturated rings. The Bertz CT molecular complexity index is 914. The van der Waals surface area contributed by atoms with E-state index in [0.29, 0.717) is 27.5 Å². The Hall–Kier alpha value is -2.73. The third-order valence-corrected chi connectivity index (χ3v) is 3.36. The van der Waals surface area contributed by atoms with Crippen LogP contribution in [0, 0.1) is 6.92 Å². The number of amides is 2. The van der Waals surface area contributed by atoms with Gasteiger partial charge in [-0.1, -0.05) is 17.7 Å². The van der Waals surface area contributed by atoms with Crippen molar-refractivity contribution < 1.29 is 9.21 Å². The number of anilines is 2. The highest BCUT2D eigenvalue weighted by molar-refractivity contribution is 6.31. The molecule has 2 amide bonds. The normalized spacial score (nSPS) is 10.6. The lowest BCUT2D eigenvalue weighted by atomic mass is 10.2. The van der Waals surface area contributed by atoms with Crippen molar-refractivity contribution >= 4 is 40.1 Å². The van der Waals surface area contributed by atoms with Crippen LogP contribution in [-0.4, -0.2) is 11.0 Å². The second-order valence-corrected chi connectivity index (χ2v) is 5.20. The summed E-state index contributed by atoms with van der Waals surface area (Å²) in [6.45, 7) is 1.87. The quantitative estimate of drug-likeness (QED) is 0.673. The maximum absolute atomic E-state index is 12.0. The van der Waals surface area contributed by atoms with E-state index in [1.165, 1.54) is 0 Å². The highest BCUT2D eigenvalue weighted by atomic mass is 35.5. The fourth-order valence-corrected chi connectivity index (χ4v) is 2.21. The van der Waals surface area contributed by atoms with E-state index in [2.05, 4.69) is 15.6 Å². The standard InChI is InChI=1S/C15H12ClN3O3/c1-8-2-3-9(16)6-12(8)18-14(20)17-10-4-5-11-13(7-10)22-15(21)19-11/h2-7H,1H3,(H,19,21)(H2,17,18,20). The summed E-state index contributed by atoms with van der Waals surface area (Å²) in [4.78, 5) is 25.6. The first-order valence-electron chi connectivity index (χ1n) is 6.48. The second kappa shape index (κ2) is 5.57. The molecule has 1 heterocycles. The summed E-state index contributed by atoms with van der Waals surface area (Å²) < 4.78 is 4.94. The molecule has 0 aliphatic carbocycles. The average Bonchev–Trinajstić information content (AvgIpc) is 2.82. The summed E-state index contributed by atoms with van der Waals surface area (Å²) in [5.41, 5.74) is 2.97. The molecular formula is C15H12ClN3O3. The van der Waals surface area contributed by atoms with E-state index in [9.17, 15) is 9.59 Å². The molecule has 0 saturated carbocycles. The van der Waals surface area contributed by atoms with Gasteiger partial charge >= 0.3 is 11.8 Å². The Morgan fingerprint density at radius 1 is 1.18 bits per heavy atom. The minimum Gasteiger partial charge on any atom is -0.408 e. The van der Waals surface area contributed by atoms with E-state index in [0.717, 1.165) is 5.56 Å². The van der Waals surface area contributed by atoms with Gasteiger partial charge in [0.15, 0.2) is 5.58 Å². The Labute approximate surface area is 130 Å². The van der Waals surface area contributed by atoms with Crippen LogP contribution < -0.4 is 16.4 Å². The zero-order valence-corrected chi connectivity index (χ0v) is 12.3. The van der Waals surface area contributed by atoms with Gasteiger partial charge in [0.1, 0.15) is 0 Å². The van der Waals surface area contributed by atoms with Crippen molar-refractivity contribution in [2.75, 3.05) is 10.6 Å². The molecule has 3 aromatic rings. The van der Waals surface area contributed by atoms with Crippen LogP contribution in [0.5, 0.6) is 0 Å². The zero-order valence-electron chi connectivity index (χ0n) is 11.6. The summed E-state index contributed by atoms with van der Waals surface area (Å²) in [6.07, 6.45) is 0. The lowest BCUT2D eigenvalue weighted by molar-refractivity contribution is 0.262. The van der Waals surface area contributed by atoms with Crippen molar-refractivity contribution in [1.29, 1.82) is 0 Å². The van der Waals surface area contributed by atoms with Gasteiger partial charge in [0.2, 0.25) is 0 Å². The van der Waals surface area contributed by atoms with E-state index in [4.69, 9.17) is 16.0 Å². The number of aromatic nitrogens is 1. The molecule has 3 N–H and O–H groups in total. The van der Waals surface area contributed by atoms with E-state index in [1.54, 1.807) is 30.3 Å². The summed E-state index contributed by atoms with van der Waals surface area (Å²) in [5, 5.41) is 5.93. The number of oxazole rings is 1. The van der Waals surface area contributed by atoms with Gasteiger partial charge in [0.05, 0.1) is 5.52 Å². The summed E-state index contributed by atoms with van der Waals surface area (Å²) in [6, 6.07) is 9.71. The minimum atomic E-state index is -0.536. The van der Waals surface area contributed by atoms with Crippen LogP contribution in [-0.2, 0) is 0 Å². The fourth-order valence-electron chi connectivity index (χ4n) is 2.04. The number of hydrogen-bond acceptors (Lipinski definition) is 3. The fraction of sp³-hybridized carbons (Fsp3) is 0.0667. The number of fused-ring (bicyclic) bond motifs is 1. The number of aromatic amines is 1. The van der Waals surface area contributed by atoms with E-state index >= 15 is 0 Å². The molecule has 22 heavy (non-hydrogen) atoms. The smallest absolute Gasteiger partial charge is 0.408 e. The Morgan fingerprint density at radius 3 is 2.82 bits per heavy atom. The predicted molar refractivity (Wildman–Crippen MR) is 85.7 cm³/mol. The van der Waals surface area contributed by atoms with Crippen molar-refractivity contribution in [3.63, 3.8) is 0 Å². The van der Waals surface area contributed by atoms with Crippen molar-refractivity contribution in [2.45, 2.75) is 6.92 Å². The number of urea groups is 1. The average molecular weight is 318 g/mol. The summed E-state index contributed by atoms with van der Waals surface area (Å²) in [5.74, 6) is -0.536. The Kier molecular flexibility index (Phi) is 3.60. The van der Waals surface area contributed by atoms with Crippen molar-refractivity contribution in [3.8, 4) is 0 Å². The number of aryl methyl sites for hydroxylation is 1. The van der Waals surface area contributed by atoms with Gasteiger partial charge in [-0.05, 0) is 36.8 Å². The number of carbonyl (C=O) groups excluding carboxylic acids is 1. The molecule has 0 unspecified atom stereocenters. The van der Waals surface area contributed by atoms with Crippen LogP contribution in [0.25, 0.3) is 11.1 Å². The summed E-state index contributed by atoms with van der Waals surface area (Å²) >= 11 is 5.91. The second-order valence-electron chi connectivity index (χ2n) is 4.76. The van der Waals surface area contributed by atoms with E-state index < -0.39 is 11.8 Å². The molecule has 0 atom stereocenters. The number of halogens is 1. The topological polar surface area (TPSA) is 87.1 Å². The first kappa shape index (κ1) is 14.2. The maximum atomic E-state index is 12.0. The number of hydrogen-bond donors (Lipinski definition) is 3. The summed E-state index contributed by atoms with van der Waals surface area (Å²) in [7, 11) is 0. The maximum Gasteiger partial charge on any atom is 0.417 e. The SMILES string of the molecule is Cc1ccc(Cl)cc1NC(=O)Nc1ccc2[nH]c(=O)oc2c1. The van der Waals surface area contributed by atoms with Crippen LogP contribution in [0.4, 0.5) is 16.2 Å². The molecule has 0 saturated heterocycles. The van der Waals surface area contributed by atoms with Crippen LogP contribution in [0.3, 0.4) is 0 Å². The van der Waals surface area contributed by atoms with E-state index in [-0.39, 0.29) is 0 Å². The lowest BCUT2D eigenvalue weighted by Gasteiger charge is -2.10. The number of H-pyrrole nitrogens is 1. The molecule has 1 aromatic heterocycles. The van der Waals surface area contributed by atoms with Gasteiger partial charge in [0.25, 0.3) is 0 Å². The van der Waals surface area contributed by atoms with Gasteiger partial charge in [-0.15, -0.1) is 0 Å². The molecule has 0 spiro atoms. The van der Waals surface area contributed by atoms with Gasteiger partial charge in [-0.3, -0.25) is 4.98 Å². The van der Waals surface area contributed by atoms with Crippen molar-refractivity contribution in [3.05, 3.63) is 57.5 Å². The molecule has 6 nitrogen and oxygen atoms in total. The minimum absolute atomic E-state index is 0.377. The van der Waals surface area contributed by atoms with E-state index in [1.807, 2.05) is 13.0 Å². The molecule has 112 valence electrons. The van der Waals surface area contributed by atoms with Gasteiger partial charge in [0, 0.05) is 22.5 Å². The Morgan fingerprint density at radius 2 is 2.00 bits per heavy atom. The lowest BCUT2D eigenvalue weighted by Crippen LogP contribution is -2.19. The van der Waals surface area contributed by atoms with Crippen LogP contribution >= 0.6 is 11.6 Å². The van der Waals surface area contributed by atoms with Gasteiger partial charge in [-0.25, -0.2) is 9.59 Å². The molecule has 7 heteroatoms. The zero-order chi connectivity index (χ0) is 15.7.